The molecule has 2 aromatic rings. The second kappa shape index (κ2) is 7.32. The zero-order valence-electron chi connectivity index (χ0n) is 12.7. The molecule has 0 radical (unpaired) electrons. The van der Waals surface area contributed by atoms with Crippen molar-refractivity contribution in [2.24, 2.45) is 0 Å². The van der Waals surface area contributed by atoms with E-state index in [0.717, 1.165) is 42.6 Å². The summed E-state index contributed by atoms with van der Waals surface area (Å²) in [4.78, 5) is 12.4. The second-order valence-electron chi connectivity index (χ2n) is 5.37. The maximum absolute atomic E-state index is 12.4. The van der Waals surface area contributed by atoms with Crippen LogP contribution in [0.5, 0.6) is 0 Å². The zero-order chi connectivity index (χ0) is 14.7. The van der Waals surface area contributed by atoms with Crippen LogP contribution < -0.4 is 10.6 Å². The van der Waals surface area contributed by atoms with Crippen LogP contribution in [0.4, 0.5) is 11.4 Å². The van der Waals surface area contributed by atoms with Crippen LogP contribution in [0.25, 0.3) is 0 Å². The lowest BCUT2D eigenvalue weighted by Crippen LogP contribution is -2.15. The molecule has 3 rings (SSSR count). The minimum Gasteiger partial charge on any atom is -0.385 e. The van der Waals surface area contributed by atoms with Gasteiger partial charge < -0.3 is 10.6 Å². The third-order valence-electron chi connectivity index (χ3n) is 3.94. The summed E-state index contributed by atoms with van der Waals surface area (Å²) < 4.78 is 0. The van der Waals surface area contributed by atoms with Crippen molar-refractivity contribution in [3.8, 4) is 0 Å². The maximum atomic E-state index is 12.4. The molecule has 0 fully saturated rings. The molecule has 1 heterocycles. The van der Waals surface area contributed by atoms with E-state index in [1.54, 1.807) is 0 Å². The van der Waals surface area contributed by atoms with Crippen LogP contribution in [-0.2, 0) is 12.8 Å². The Balaban J connectivity index is 0.00000176. The summed E-state index contributed by atoms with van der Waals surface area (Å²) >= 11 is 0. The molecule has 1 amide bonds. The molecule has 1 aliphatic heterocycles. The van der Waals surface area contributed by atoms with Crippen LogP contribution in [0.2, 0.25) is 0 Å². The van der Waals surface area contributed by atoms with Gasteiger partial charge >= 0.3 is 0 Å². The molecule has 1 aliphatic rings. The van der Waals surface area contributed by atoms with Crippen LogP contribution in [0.15, 0.2) is 42.5 Å². The molecule has 22 heavy (non-hydrogen) atoms. The Hall–Kier alpha value is -2.00. The molecule has 0 aromatic heterocycles. The first-order valence-electron chi connectivity index (χ1n) is 7.54. The van der Waals surface area contributed by atoms with Crippen LogP contribution >= 0.6 is 12.4 Å². The summed E-state index contributed by atoms with van der Waals surface area (Å²) in [5.74, 6) is -0.0313. The molecule has 0 unspecified atom stereocenters. The van der Waals surface area contributed by atoms with E-state index in [9.17, 15) is 4.79 Å². The molecule has 116 valence electrons. The average Bonchev–Trinajstić information content (AvgIpc) is 2.54. The number of anilines is 2. The predicted molar refractivity (Wildman–Crippen MR) is 94.3 cm³/mol. The van der Waals surface area contributed by atoms with E-state index >= 15 is 0 Å². The Labute approximate surface area is 137 Å². The van der Waals surface area contributed by atoms with Gasteiger partial charge in [0.2, 0.25) is 0 Å². The first-order chi connectivity index (χ1) is 10.3. The van der Waals surface area contributed by atoms with Crippen molar-refractivity contribution in [2.75, 3.05) is 17.2 Å². The largest absolute Gasteiger partial charge is 0.385 e. The summed E-state index contributed by atoms with van der Waals surface area (Å²) in [5, 5.41) is 6.40. The number of carbonyl (C=O) groups is 1. The second-order valence-corrected chi connectivity index (χ2v) is 5.37. The summed E-state index contributed by atoms with van der Waals surface area (Å²) in [5.41, 5.74) is 5.18. The van der Waals surface area contributed by atoms with Gasteiger partial charge in [0.1, 0.15) is 0 Å². The van der Waals surface area contributed by atoms with Crippen LogP contribution in [0.1, 0.15) is 34.8 Å². The summed E-state index contributed by atoms with van der Waals surface area (Å²) in [7, 11) is 0. The molecule has 2 aromatic carbocycles. The number of hydrogen-bond donors (Lipinski definition) is 2. The number of carbonyl (C=O) groups excluding carboxylic acids is 1. The van der Waals surface area contributed by atoms with Crippen molar-refractivity contribution < 1.29 is 4.79 Å². The third-order valence-corrected chi connectivity index (χ3v) is 3.94. The molecule has 3 nitrogen and oxygen atoms in total. The van der Waals surface area contributed by atoms with Crippen molar-refractivity contribution in [2.45, 2.75) is 26.2 Å². The van der Waals surface area contributed by atoms with Crippen molar-refractivity contribution in [1.29, 1.82) is 0 Å². The fourth-order valence-corrected chi connectivity index (χ4v) is 2.80. The molecule has 0 aliphatic carbocycles. The Kier molecular flexibility index (Phi) is 5.45. The van der Waals surface area contributed by atoms with E-state index in [2.05, 4.69) is 29.7 Å². The number of fused-ring (bicyclic) bond motifs is 1. The minimum absolute atomic E-state index is 0. The summed E-state index contributed by atoms with van der Waals surface area (Å²) in [6.45, 7) is 3.10. The van der Waals surface area contributed by atoms with Crippen LogP contribution in [-0.4, -0.2) is 12.5 Å². The van der Waals surface area contributed by atoms with Crippen molar-refractivity contribution in [1.82, 2.24) is 0 Å². The van der Waals surface area contributed by atoms with Crippen molar-refractivity contribution >= 4 is 29.7 Å². The van der Waals surface area contributed by atoms with Gasteiger partial charge in [0.25, 0.3) is 5.91 Å². The van der Waals surface area contributed by atoms with Gasteiger partial charge in [0.05, 0.1) is 0 Å². The van der Waals surface area contributed by atoms with Crippen LogP contribution in [0, 0.1) is 0 Å². The number of amides is 1. The highest BCUT2D eigenvalue weighted by Gasteiger charge is 2.12. The molecule has 0 saturated heterocycles. The fraction of sp³-hybridized carbons (Fsp3) is 0.278. The zero-order valence-corrected chi connectivity index (χ0v) is 13.5. The quantitative estimate of drug-likeness (QED) is 0.887. The molecule has 0 atom stereocenters. The lowest BCUT2D eigenvalue weighted by atomic mass is 10.0. The highest BCUT2D eigenvalue weighted by atomic mass is 35.5. The SMILES string of the molecule is CCc1ccccc1C(=O)Nc1ccc2c(c1)CCCN2.Cl. The van der Waals surface area contributed by atoms with Gasteiger partial charge in [0.15, 0.2) is 0 Å². The predicted octanol–water partition coefficient (Wildman–Crippen LogP) is 4.28. The highest BCUT2D eigenvalue weighted by Crippen LogP contribution is 2.25. The first-order valence-corrected chi connectivity index (χ1v) is 7.54. The number of hydrogen-bond acceptors (Lipinski definition) is 2. The standard InChI is InChI=1S/C18H20N2O.ClH/c1-2-13-6-3-4-8-16(13)18(21)20-15-9-10-17-14(12-15)7-5-11-19-17;/h3-4,6,8-10,12,19H,2,5,7,11H2,1H3,(H,20,21);1H. The molecular weight excluding hydrogens is 296 g/mol. The van der Waals surface area contributed by atoms with Crippen molar-refractivity contribution in [3.05, 3.63) is 59.2 Å². The Morgan fingerprint density at radius 1 is 1.23 bits per heavy atom. The van der Waals surface area contributed by atoms with E-state index in [-0.39, 0.29) is 18.3 Å². The van der Waals surface area contributed by atoms with Crippen molar-refractivity contribution in [3.63, 3.8) is 0 Å². The number of halogens is 1. The molecule has 0 bridgehead atoms. The molecule has 4 heteroatoms. The molecule has 0 saturated carbocycles. The topological polar surface area (TPSA) is 41.1 Å². The van der Waals surface area contributed by atoms with Gasteiger partial charge in [-0.05, 0) is 54.7 Å². The number of rotatable bonds is 3. The Morgan fingerprint density at radius 3 is 2.86 bits per heavy atom. The summed E-state index contributed by atoms with van der Waals surface area (Å²) in [6, 6.07) is 13.9. The Morgan fingerprint density at radius 2 is 2.05 bits per heavy atom. The van der Waals surface area contributed by atoms with E-state index in [1.165, 1.54) is 11.3 Å². The van der Waals surface area contributed by atoms with E-state index < -0.39 is 0 Å². The van der Waals surface area contributed by atoms with E-state index in [1.807, 2.05) is 30.3 Å². The molecule has 2 N–H and O–H groups in total. The third kappa shape index (κ3) is 3.42. The summed E-state index contributed by atoms with van der Waals surface area (Å²) in [6.07, 6.45) is 3.07. The number of nitrogens with one attached hydrogen (secondary N) is 2. The van der Waals surface area contributed by atoms with Crippen LogP contribution in [0.3, 0.4) is 0 Å². The van der Waals surface area contributed by atoms with E-state index in [4.69, 9.17) is 0 Å². The van der Waals surface area contributed by atoms with Gasteiger partial charge in [-0.2, -0.15) is 0 Å². The minimum atomic E-state index is -0.0313. The van der Waals surface area contributed by atoms with Gasteiger partial charge in [-0.25, -0.2) is 0 Å². The number of benzene rings is 2. The smallest absolute Gasteiger partial charge is 0.255 e. The highest BCUT2D eigenvalue weighted by molar-refractivity contribution is 6.05. The van der Waals surface area contributed by atoms with E-state index in [0.29, 0.717) is 0 Å². The average molecular weight is 317 g/mol. The van der Waals surface area contributed by atoms with Gasteiger partial charge in [-0.3, -0.25) is 4.79 Å². The Bertz CT molecular complexity index is 670. The fourth-order valence-electron chi connectivity index (χ4n) is 2.80. The maximum Gasteiger partial charge on any atom is 0.255 e. The molecule has 0 spiro atoms. The van der Waals surface area contributed by atoms with Gasteiger partial charge in [0, 0.05) is 23.5 Å². The first kappa shape index (κ1) is 16.4. The lowest BCUT2D eigenvalue weighted by molar-refractivity contribution is 0.102. The number of aryl methyl sites for hydroxylation is 2. The lowest BCUT2D eigenvalue weighted by Gasteiger charge is -2.19. The van der Waals surface area contributed by atoms with Gasteiger partial charge in [-0.15, -0.1) is 12.4 Å². The normalized spacial score (nSPS) is 12.6. The molecular formula is C18H21ClN2O. The monoisotopic (exact) mass is 316 g/mol. The van der Waals surface area contributed by atoms with Gasteiger partial charge in [-0.1, -0.05) is 25.1 Å².